The number of hydrogen-bond acceptors (Lipinski definition) is 2. The second-order valence-electron chi connectivity index (χ2n) is 5.70. The fourth-order valence-corrected chi connectivity index (χ4v) is 3.29. The number of nitrogens with one attached hydrogen (secondary N) is 1. The Morgan fingerprint density at radius 2 is 2.05 bits per heavy atom. The third-order valence-corrected chi connectivity index (χ3v) is 4.88. The summed E-state index contributed by atoms with van der Waals surface area (Å²) < 4.78 is 0.800. The van der Waals surface area contributed by atoms with E-state index in [2.05, 4.69) is 28.2 Å². The Kier molecular flexibility index (Phi) is 5.04. The number of amides is 1. The Balaban J connectivity index is 2.14. The minimum Gasteiger partial charge on any atom is -0.480 e. The number of carboxylic acids is 1. The van der Waals surface area contributed by atoms with Crippen molar-refractivity contribution >= 4 is 27.8 Å². The quantitative estimate of drug-likeness (QED) is 0.868. The Morgan fingerprint density at radius 3 is 2.57 bits per heavy atom. The average Bonchev–Trinajstić information content (AvgIpc) is 2.47. The molecule has 0 unspecified atom stereocenters. The van der Waals surface area contributed by atoms with Crippen molar-refractivity contribution in [1.29, 1.82) is 0 Å². The van der Waals surface area contributed by atoms with Crippen LogP contribution >= 0.6 is 15.9 Å². The van der Waals surface area contributed by atoms with Crippen molar-refractivity contribution in [2.24, 2.45) is 5.92 Å². The number of hydrogen-bond donors (Lipinski definition) is 2. The Bertz CT molecular complexity index is 536. The third-order valence-electron chi connectivity index (χ3n) is 4.39. The number of benzene rings is 1. The predicted molar refractivity (Wildman–Crippen MR) is 84.2 cm³/mol. The fourth-order valence-electron chi connectivity index (χ4n) is 2.89. The van der Waals surface area contributed by atoms with Crippen LogP contribution < -0.4 is 5.32 Å². The summed E-state index contributed by atoms with van der Waals surface area (Å²) in [6, 6.07) is 6.98. The van der Waals surface area contributed by atoms with Gasteiger partial charge in [0, 0.05) is 10.0 Å². The van der Waals surface area contributed by atoms with Gasteiger partial charge in [-0.1, -0.05) is 35.3 Å². The Hall–Kier alpha value is -1.36. The molecule has 1 aliphatic rings. The molecule has 1 fully saturated rings. The van der Waals surface area contributed by atoms with Crippen LogP contribution in [0.4, 0.5) is 0 Å². The molecule has 1 saturated carbocycles. The molecule has 1 aliphatic carbocycles. The first-order chi connectivity index (χ1) is 9.97. The lowest BCUT2D eigenvalue weighted by molar-refractivity contribution is -0.146. The first kappa shape index (κ1) is 16.0. The van der Waals surface area contributed by atoms with E-state index in [1.54, 1.807) is 18.2 Å². The molecule has 1 aromatic rings. The van der Waals surface area contributed by atoms with Crippen molar-refractivity contribution in [1.82, 2.24) is 5.32 Å². The van der Waals surface area contributed by atoms with Gasteiger partial charge in [0.25, 0.3) is 5.91 Å². The van der Waals surface area contributed by atoms with Gasteiger partial charge in [0.2, 0.25) is 0 Å². The molecule has 0 radical (unpaired) electrons. The van der Waals surface area contributed by atoms with Gasteiger partial charge < -0.3 is 10.4 Å². The van der Waals surface area contributed by atoms with Crippen LogP contribution in [0.3, 0.4) is 0 Å². The summed E-state index contributed by atoms with van der Waals surface area (Å²) in [5.74, 6) is -0.686. The summed E-state index contributed by atoms with van der Waals surface area (Å²) >= 11 is 3.32. The summed E-state index contributed by atoms with van der Waals surface area (Å²) in [7, 11) is 0. The highest BCUT2D eigenvalue weighted by Crippen LogP contribution is 2.34. The van der Waals surface area contributed by atoms with Gasteiger partial charge in [0.1, 0.15) is 5.54 Å². The van der Waals surface area contributed by atoms with Crippen LogP contribution in [0, 0.1) is 5.92 Å². The standard InChI is InChI=1S/C16H20BrNO3/c1-2-11-6-8-16(9-7-11,15(20)21)18-14(19)12-4-3-5-13(17)10-12/h3-5,10-11H,2,6-9H2,1H3,(H,18,19)(H,20,21). The first-order valence-corrected chi connectivity index (χ1v) is 8.07. The maximum Gasteiger partial charge on any atom is 0.329 e. The van der Waals surface area contributed by atoms with Crippen LogP contribution in [0.2, 0.25) is 0 Å². The predicted octanol–water partition coefficient (Wildman–Crippen LogP) is 3.60. The monoisotopic (exact) mass is 353 g/mol. The number of carbonyl (C=O) groups excluding carboxylic acids is 1. The highest BCUT2D eigenvalue weighted by molar-refractivity contribution is 9.10. The number of halogens is 1. The molecule has 2 rings (SSSR count). The summed E-state index contributed by atoms with van der Waals surface area (Å²) in [5, 5.41) is 12.3. The Labute approximate surface area is 133 Å². The molecule has 1 amide bonds. The van der Waals surface area contributed by atoms with Crippen molar-refractivity contribution in [3.63, 3.8) is 0 Å². The lowest BCUT2D eigenvalue weighted by Crippen LogP contribution is -2.56. The molecule has 4 nitrogen and oxygen atoms in total. The zero-order chi connectivity index (χ0) is 15.5. The number of rotatable bonds is 4. The largest absolute Gasteiger partial charge is 0.480 e. The van der Waals surface area contributed by atoms with Gasteiger partial charge in [-0.3, -0.25) is 4.79 Å². The van der Waals surface area contributed by atoms with Gasteiger partial charge in [0.15, 0.2) is 0 Å². The SMILES string of the molecule is CCC1CCC(NC(=O)c2cccc(Br)c2)(C(=O)O)CC1. The van der Waals surface area contributed by atoms with E-state index in [0.717, 1.165) is 23.7 Å². The van der Waals surface area contributed by atoms with Gasteiger partial charge in [-0.15, -0.1) is 0 Å². The van der Waals surface area contributed by atoms with Crippen molar-refractivity contribution in [2.45, 2.75) is 44.6 Å². The smallest absolute Gasteiger partial charge is 0.329 e. The molecule has 2 N–H and O–H groups in total. The van der Waals surface area contributed by atoms with E-state index in [0.29, 0.717) is 24.3 Å². The maximum atomic E-state index is 12.3. The number of carbonyl (C=O) groups is 2. The van der Waals surface area contributed by atoms with Crippen LogP contribution in [0.25, 0.3) is 0 Å². The first-order valence-electron chi connectivity index (χ1n) is 7.28. The third kappa shape index (κ3) is 3.64. The van der Waals surface area contributed by atoms with Crippen LogP contribution in [-0.2, 0) is 4.79 Å². The van der Waals surface area contributed by atoms with Crippen LogP contribution in [0.5, 0.6) is 0 Å². The Morgan fingerprint density at radius 1 is 1.38 bits per heavy atom. The van der Waals surface area contributed by atoms with Gasteiger partial charge in [-0.2, -0.15) is 0 Å². The van der Waals surface area contributed by atoms with E-state index >= 15 is 0 Å². The van der Waals surface area contributed by atoms with E-state index < -0.39 is 11.5 Å². The van der Waals surface area contributed by atoms with Crippen LogP contribution in [0.1, 0.15) is 49.4 Å². The molecule has 0 saturated heterocycles. The summed E-state index contributed by atoms with van der Waals surface area (Å²) in [6.45, 7) is 2.12. The lowest BCUT2D eigenvalue weighted by atomic mass is 9.75. The summed E-state index contributed by atoms with van der Waals surface area (Å²) in [5.41, 5.74) is -0.645. The van der Waals surface area contributed by atoms with Crippen LogP contribution in [-0.4, -0.2) is 22.5 Å². The van der Waals surface area contributed by atoms with Crippen molar-refractivity contribution < 1.29 is 14.7 Å². The molecule has 114 valence electrons. The van der Waals surface area contributed by atoms with Gasteiger partial charge in [-0.05, 0) is 49.8 Å². The normalized spacial score (nSPS) is 25.3. The van der Waals surface area contributed by atoms with E-state index in [-0.39, 0.29) is 5.91 Å². The van der Waals surface area contributed by atoms with Crippen LogP contribution in [0.15, 0.2) is 28.7 Å². The molecule has 0 bridgehead atoms. The second kappa shape index (κ2) is 6.60. The molecular weight excluding hydrogens is 334 g/mol. The molecule has 5 heteroatoms. The van der Waals surface area contributed by atoms with Gasteiger partial charge in [0.05, 0.1) is 0 Å². The number of carboxylic acid groups (broad SMARTS) is 1. The van der Waals surface area contributed by atoms with Crippen molar-refractivity contribution in [3.05, 3.63) is 34.3 Å². The van der Waals surface area contributed by atoms with E-state index in [1.165, 1.54) is 0 Å². The van der Waals surface area contributed by atoms with Crippen molar-refractivity contribution in [2.75, 3.05) is 0 Å². The number of aliphatic carboxylic acids is 1. The fraction of sp³-hybridized carbons (Fsp3) is 0.500. The molecule has 1 aromatic carbocycles. The average molecular weight is 354 g/mol. The second-order valence-corrected chi connectivity index (χ2v) is 6.62. The van der Waals surface area contributed by atoms with E-state index in [4.69, 9.17) is 0 Å². The minimum absolute atomic E-state index is 0.325. The molecule has 0 heterocycles. The lowest BCUT2D eigenvalue weighted by Gasteiger charge is -2.37. The zero-order valence-corrected chi connectivity index (χ0v) is 13.6. The molecule has 21 heavy (non-hydrogen) atoms. The molecule has 0 aliphatic heterocycles. The minimum atomic E-state index is -1.12. The topological polar surface area (TPSA) is 66.4 Å². The molecule has 0 spiro atoms. The highest BCUT2D eigenvalue weighted by atomic mass is 79.9. The maximum absolute atomic E-state index is 12.3. The van der Waals surface area contributed by atoms with Gasteiger partial charge in [-0.25, -0.2) is 4.79 Å². The highest BCUT2D eigenvalue weighted by Gasteiger charge is 2.43. The summed E-state index contributed by atoms with van der Waals surface area (Å²) in [4.78, 5) is 24.0. The van der Waals surface area contributed by atoms with Gasteiger partial charge >= 0.3 is 5.97 Å². The van der Waals surface area contributed by atoms with E-state index in [9.17, 15) is 14.7 Å². The zero-order valence-electron chi connectivity index (χ0n) is 12.1. The van der Waals surface area contributed by atoms with E-state index in [1.807, 2.05) is 6.07 Å². The molecule has 0 aromatic heterocycles. The molecular formula is C16H20BrNO3. The molecule has 0 atom stereocenters. The summed E-state index contributed by atoms with van der Waals surface area (Å²) in [6.07, 6.45) is 3.76. The van der Waals surface area contributed by atoms with Crippen molar-refractivity contribution in [3.8, 4) is 0 Å².